The normalized spacial score (nSPS) is 14.6. The molecular formula is C20H21ClN10O2S. The molecule has 176 valence electrons. The number of nitrogens with zero attached hydrogens (tertiary/aromatic N) is 8. The second-order valence-electron chi connectivity index (χ2n) is 7.55. The van der Waals surface area contributed by atoms with Crippen molar-refractivity contribution in [2.45, 2.75) is 6.92 Å². The van der Waals surface area contributed by atoms with Crippen molar-refractivity contribution < 1.29 is 8.42 Å². The van der Waals surface area contributed by atoms with E-state index in [1.54, 1.807) is 12.1 Å². The molecule has 1 aliphatic heterocycles. The van der Waals surface area contributed by atoms with E-state index in [-0.39, 0.29) is 11.5 Å². The molecule has 12 nitrogen and oxygen atoms in total. The molecule has 1 aromatic carbocycles. The average Bonchev–Trinajstić information content (AvgIpc) is 3.23. The molecule has 1 aliphatic rings. The third-order valence-corrected chi connectivity index (χ3v) is 7.00. The van der Waals surface area contributed by atoms with Crippen LogP contribution in [0.2, 0.25) is 5.02 Å². The lowest BCUT2D eigenvalue weighted by Gasteiger charge is -2.35. The molecule has 14 heteroatoms. The van der Waals surface area contributed by atoms with Gasteiger partial charge in [-0.2, -0.15) is 34.4 Å². The van der Waals surface area contributed by atoms with E-state index < -0.39 is 10.0 Å². The summed E-state index contributed by atoms with van der Waals surface area (Å²) in [6, 6.07) is 7.43. The molecule has 0 spiro atoms. The van der Waals surface area contributed by atoms with Gasteiger partial charge in [-0.15, -0.1) is 0 Å². The van der Waals surface area contributed by atoms with Gasteiger partial charge in [0, 0.05) is 32.7 Å². The summed E-state index contributed by atoms with van der Waals surface area (Å²) in [7, 11) is -3.27. The number of nitriles is 2. The fourth-order valence-electron chi connectivity index (χ4n) is 3.66. The van der Waals surface area contributed by atoms with Crippen LogP contribution < -0.4 is 15.5 Å². The van der Waals surface area contributed by atoms with Gasteiger partial charge in [0.2, 0.25) is 21.9 Å². The standard InChI is InChI=1S/C20H21ClN10O2S/c1-3-24-20-28-19(27-18-14(11-23)12-25-31(18)20)26-15-8-13(10-22)9-16(17(15)21)29-4-6-30(7-5-29)34(2,32)33/h8-9,12H,3-7H2,1-2H3,(H2,24,26,27,28). The number of hydrogen-bond acceptors (Lipinski definition) is 10. The Balaban J connectivity index is 1.70. The average molecular weight is 501 g/mol. The molecule has 2 aromatic heterocycles. The lowest BCUT2D eigenvalue weighted by Crippen LogP contribution is -2.48. The first kappa shape index (κ1) is 23.5. The zero-order valence-electron chi connectivity index (χ0n) is 18.4. The number of sulfonamides is 1. The maximum Gasteiger partial charge on any atom is 0.232 e. The van der Waals surface area contributed by atoms with E-state index in [9.17, 15) is 18.9 Å². The fraction of sp³-hybridized carbons (Fsp3) is 0.350. The molecule has 3 aromatic rings. The van der Waals surface area contributed by atoms with Crippen molar-refractivity contribution in [3.8, 4) is 12.1 Å². The third-order valence-electron chi connectivity index (χ3n) is 5.30. The quantitative estimate of drug-likeness (QED) is 0.511. The van der Waals surface area contributed by atoms with Crippen molar-refractivity contribution in [3.63, 3.8) is 0 Å². The Bertz CT molecular complexity index is 1430. The molecule has 34 heavy (non-hydrogen) atoms. The van der Waals surface area contributed by atoms with Crippen LogP contribution in [-0.2, 0) is 10.0 Å². The number of benzene rings is 1. The zero-order chi connectivity index (χ0) is 24.5. The Morgan fingerprint density at radius 1 is 1.15 bits per heavy atom. The smallest absolute Gasteiger partial charge is 0.232 e. The van der Waals surface area contributed by atoms with Gasteiger partial charge < -0.3 is 15.5 Å². The van der Waals surface area contributed by atoms with Gasteiger partial charge in [-0.05, 0) is 19.1 Å². The first-order valence-corrected chi connectivity index (χ1v) is 12.6. The summed E-state index contributed by atoms with van der Waals surface area (Å²) in [5.41, 5.74) is 1.98. The SMILES string of the molecule is CCNc1nc(Nc2cc(C#N)cc(N3CCN(S(C)(=O)=O)CC3)c2Cl)nc2c(C#N)cnn12. The summed E-state index contributed by atoms with van der Waals surface area (Å²) in [6.07, 6.45) is 2.59. The lowest BCUT2D eigenvalue weighted by molar-refractivity contribution is 0.388. The summed E-state index contributed by atoms with van der Waals surface area (Å²) < 4.78 is 26.5. The van der Waals surface area contributed by atoms with Crippen molar-refractivity contribution >= 4 is 50.5 Å². The van der Waals surface area contributed by atoms with Gasteiger partial charge in [-0.3, -0.25) is 0 Å². The molecule has 0 atom stereocenters. The number of halogens is 1. The summed E-state index contributed by atoms with van der Waals surface area (Å²) in [4.78, 5) is 10.8. The minimum atomic E-state index is -3.27. The molecule has 0 unspecified atom stereocenters. The predicted molar refractivity (Wildman–Crippen MR) is 128 cm³/mol. The summed E-state index contributed by atoms with van der Waals surface area (Å²) in [5.74, 6) is 0.562. The fourth-order valence-corrected chi connectivity index (χ4v) is 4.76. The molecule has 0 aliphatic carbocycles. The number of nitrogens with one attached hydrogen (secondary N) is 2. The van der Waals surface area contributed by atoms with Crippen molar-refractivity contribution in [2.75, 3.05) is 54.5 Å². The number of fused-ring (bicyclic) bond motifs is 1. The first-order valence-electron chi connectivity index (χ1n) is 10.4. The minimum absolute atomic E-state index is 0.172. The highest BCUT2D eigenvalue weighted by atomic mass is 35.5. The van der Waals surface area contributed by atoms with Gasteiger partial charge in [0.25, 0.3) is 0 Å². The molecule has 0 amide bonds. The van der Waals surface area contributed by atoms with Gasteiger partial charge in [-0.25, -0.2) is 8.42 Å². The van der Waals surface area contributed by atoms with E-state index >= 15 is 0 Å². The van der Waals surface area contributed by atoms with Crippen LogP contribution in [0.4, 0.5) is 23.3 Å². The second-order valence-corrected chi connectivity index (χ2v) is 9.91. The summed E-state index contributed by atoms with van der Waals surface area (Å²) in [6.45, 7) is 3.96. The van der Waals surface area contributed by atoms with Crippen LogP contribution in [0, 0.1) is 22.7 Å². The van der Waals surface area contributed by atoms with Gasteiger partial charge in [0.15, 0.2) is 5.65 Å². The van der Waals surface area contributed by atoms with Crippen LogP contribution in [0.15, 0.2) is 18.3 Å². The summed E-state index contributed by atoms with van der Waals surface area (Å²) in [5, 5.41) is 29.6. The molecule has 1 fully saturated rings. The van der Waals surface area contributed by atoms with Crippen LogP contribution in [-0.4, -0.2) is 71.3 Å². The van der Waals surface area contributed by atoms with Gasteiger partial charge in [0.05, 0.1) is 40.5 Å². The molecule has 0 saturated carbocycles. The molecule has 1 saturated heterocycles. The van der Waals surface area contributed by atoms with E-state index in [0.717, 1.165) is 0 Å². The highest BCUT2D eigenvalue weighted by molar-refractivity contribution is 7.88. The Morgan fingerprint density at radius 3 is 2.50 bits per heavy atom. The maximum atomic E-state index is 11.8. The monoisotopic (exact) mass is 500 g/mol. The van der Waals surface area contributed by atoms with Gasteiger partial charge >= 0.3 is 0 Å². The Morgan fingerprint density at radius 2 is 1.88 bits per heavy atom. The molecule has 2 N–H and O–H groups in total. The second kappa shape index (κ2) is 9.30. The van der Waals surface area contributed by atoms with Crippen LogP contribution >= 0.6 is 11.6 Å². The lowest BCUT2D eigenvalue weighted by atomic mass is 10.1. The van der Waals surface area contributed by atoms with E-state index in [0.29, 0.717) is 66.3 Å². The Labute approximate surface area is 201 Å². The molecular weight excluding hydrogens is 480 g/mol. The molecule has 0 bridgehead atoms. The van der Waals surface area contributed by atoms with Crippen LogP contribution in [0.5, 0.6) is 0 Å². The molecule has 4 rings (SSSR count). The third kappa shape index (κ3) is 4.54. The maximum absolute atomic E-state index is 11.8. The number of anilines is 4. The van der Waals surface area contributed by atoms with Gasteiger partial charge in [-0.1, -0.05) is 11.6 Å². The Kier molecular flexibility index (Phi) is 6.43. The van der Waals surface area contributed by atoms with E-state index in [1.807, 2.05) is 11.8 Å². The van der Waals surface area contributed by atoms with E-state index in [2.05, 4.69) is 37.8 Å². The highest BCUT2D eigenvalue weighted by Crippen LogP contribution is 2.36. The van der Waals surface area contributed by atoms with Crippen molar-refractivity contribution in [3.05, 3.63) is 34.5 Å². The van der Waals surface area contributed by atoms with Crippen LogP contribution in [0.3, 0.4) is 0 Å². The number of aromatic nitrogens is 4. The van der Waals surface area contributed by atoms with Gasteiger partial charge in [0.1, 0.15) is 11.6 Å². The topological polar surface area (TPSA) is 155 Å². The zero-order valence-corrected chi connectivity index (χ0v) is 20.0. The minimum Gasteiger partial charge on any atom is -0.368 e. The van der Waals surface area contributed by atoms with Crippen molar-refractivity contribution in [2.24, 2.45) is 0 Å². The van der Waals surface area contributed by atoms with Crippen molar-refractivity contribution in [1.29, 1.82) is 10.5 Å². The molecule has 0 radical (unpaired) electrons. The molecule has 3 heterocycles. The number of piperazine rings is 1. The highest BCUT2D eigenvalue weighted by Gasteiger charge is 2.26. The number of hydrogen-bond donors (Lipinski definition) is 2. The number of rotatable bonds is 6. The van der Waals surface area contributed by atoms with Crippen molar-refractivity contribution in [1.82, 2.24) is 23.9 Å². The first-order chi connectivity index (χ1) is 16.2. The van der Waals surface area contributed by atoms with E-state index in [1.165, 1.54) is 21.3 Å². The largest absolute Gasteiger partial charge is 0.368 e. The van der Waals surface area contributed by atoms with E-state index in [4.69, 9.17) is 11.6 Å². The predicted octanol–water partition coefficient (Wildman–Crippen LogP) is 1.78. The van der Waals surface area contributed by atoms with Crippen LogP contribution in [0.1, 0.15) is 18.1 Å². The summed E-state index contributed by atoms with van der Waals surface area (Å²) >= 11 is 6.72. The van der Waals surface area contributed by atoms with Crippen LogP contribution in [0.25, 0.3) is 5.65 Å². The Hall–Kier alpha value is -3.65.